The van der Waals surface area contributed by atoms with E-state index < -0.39 is 0 Å². The van der Waals surface area contributed by atoms with Crippen molar-refractivity contribution in [1.29, 1.82) is 0 Å². The number of unbranched alkanes of at least 4 members (excludes halogenated alkanes) is 19. The zero-order chi connectivity index (χ0) is 35.5. The van der Waals surface area contributed by atoms with Gasteiger partial charge in [0.05, 0.1) is 18.3 Å². The Balaban J connectivity index is 1.26. The number of rotatable bonds is 29. The SMILES string of the molecule is CCCCCCCCCCCCCCCCOC(C)c1ccc(-c2ccc(OC(=O)c3ccc(OCCCCCCCCC)cc3)cc2)cc1. The van der Waals surface area contributed by atoms with Gasteiger partial charge in [-0.25, -0.2) is 4.79 Å². The van der Waals surface area contributed by atoms with Crippen LogP contribution < -0.4 is 9.47 Å². The van der Waals surface area contributed by atoms with E-state index in [9.17, 15) is 4.79 Å². The Morgan fingerprint density at radius 2 is 0.880 bits per heavy atom. The van der Waals surface area contributed by atoms with E-state index in [0.29, 0.717) is 17.9 Å². The van der Waals surface area contributed by atoms with Crippen molar-refractivity contribution in [2.45, 2.75) is 162 Å². The van der Waals surface area contributed by atoms with Gasteiger partial charge in [0, 0.05) is 6.61 Å². The summed E-state index contributed by atoms with van der Waals surface area (Å²) >= 11 is 0. The van der Waals surface area contributed by atoms with Gasteiger partial charge < -0.3 is 14.2 Å². The molecule has 0 aliphatic carbocycles. The van der Waals surface area contributed by atoms with Crippen molar-refractivity contribution >= 4 is 5.97 Å². The quantitative estimate of drug-likeness (QED) is 0.0415. The second-order valence-corrected chi connectivity index (χ2v) is 14.1. The van der Waals surface area contributed by atoms with Crippen LogP contribution in [0, 0.1) is 0 Å². The first-order chi connectivity index (χ1) is 24.6. The number of esters is 1. The fraction of sp³-hybridized carbons (Fsp3) is 0.587. The lowest BCUT2D eigenvalue weighted by Gasteiger charge is -2.14. The smallest absolute Gasteiger partial charge is 0.343 e. The lowest BCUT2D eigenvalue weighted by atomic mass is 10.0. The summed E-state index contributed by atoms with van der Waals surface area (Å²) in [4.78, 5) is 12.7. The first-order valence-corrected chi connectivity index (χ1v) is 20.4. The van der Waals surface area contributed by atoms with Gasteiger partial charge in [-0.1, -0.05) is 172 Å². The van der Waals surface area contributed by atoms with Gasteiger partial charge in [0.1, 0.15) is 11.5 Å². The maximum atomic E-state index is 12.7. The molecular weight excluding hydrogens is 617 g/mol. The van der Waals surface area contributed by atoms with Crippen LogP contribution in [0.1, 0.15) is 178 Å². The first-order valence-electron chi connectivity index (χ1n) is 20.4. The molecule has 0 heterocycles. The van der Waals surface area contributed by atoms with Gasteiger partial charge >= 0.3 is 5.97 Å². The fourth-order valence-corrected chi connectivity index (χ4v) is 6.42. The predicted molar refractivity (Wildman–Crippen MR) is 211 cm³/mol. The molecule has 0 aliphatic rings. The summed E-state index contributed by atoms with van der Waals surface area (Å²) in [6, 6.07) is 23.5. The van der Waals surface area contributed by atoms with Crippen LogP contribution in [-0.4, -0.2) is 19.2 Å². The van der Waals surface area contributed by atoms with Crippen molar-refractivity contribution < 1.29 is 19.0 Å². The van der Waals surface area contributed by atoms with Gasteiger partial charge in [-0.05, 0) is 72.9 Å². The van der Waals surface area contributed by atoms with Crippen LogP contribution >= 0.6 is 0 Å². The van der Waals surface area contributed by atoms with Crippen molar-refractivity contribution in [3.8, 4) is 22.6 Å². The monoisotopic (exact) mass is 685 g/mol. The average Bonchev–Trinajstić information content (AvgIpc) is 3.15. The molecule has 0 radical (unpaired) electrons. The van der Waals surface area contributed by atoms with Crippen LogP contribution in [-0.2, 0) is 4.74 Å². The Hall–Kier alpha value is -3.11. The molecule has 0 aliphatic heterocycles. The molecule has 1 unspecified atom stereocenters. The lowest BCUT2D eigenvalue weighted by Crippen LogP contribution is -2.08. The molecule has 0 aromatic heterocycles. The van der Waals surface area contributed by atoms with E-state index in [1.807, 2.05) is 36.4 Å². The van der Waals surface area contributed by atoms with Crippen molar-refractivity contribution in [1.82, 2.24) is 0 Å². The molecule has 0 saturated carbocycles. The molecule has 276 valence electrons. The third-order valence-corrected chi connectivity index (χ3v) is 9.75. The third kappa shape index (κ3) is 17.7. The number of ether oxygens (including phenoxy) is 3. The molecule has 0 N–H and O–H groups in total. The van der Waals surface area contributed by atoms with E-state index in [1.54, 1.807) is 12.1 Å². The lowest BCUT2D eigenvalue weighted by molar-refractivity contribution is 0.0627. The van der Waals surface area contributed by atoms with Gasteiger partial charge in [-0.15, -0.1) is 0 Å². The number of carbonyl (C=O) groups excluding carboxylic acids is 1. The average molecular weight is 685 g/mol. The minimum absolute atomic E-state index is 0.0820. The van der Waals surface area contributed by atoms with E-state index in [1.165, 1.54) is 128 Å². The van der Waals surface area contributed by atoms with E-state index >= 15 is 0 Å². The van der Waals surface area contributed by atoms with Crippen LogP contribution in [0.3, 0.4) is 0 Å². The summed E-state index contributed by atoms with van der Waals surface area (Å²) in [6.07, 6.45) is 28.1. The van der Waals surface area contributed by atoms with Crippen LogP contribution in [0.2, 0.25) is 0 Å². The highest BCUT2D eigenvalue weighted by Crippen LogP contribution is 2.26. The summed E-state index contributed by atoms with van der Waals surface area (Å²) in [6.45, 7) is 8.19. The van der Waals surface area contributed by atoms with E-state index in [4.69, 9.17) is 14.2 Å². The zero-order valence-corrected chi connectivity index (χ0v) is 31.9. The summed E-state index contributed by atoms with van der Waals surface area (Å²) in [5.41, 5.74) is 3.90. The van der Waals surface area contributed by atoms with Gasteiger partial charge in [-0.2, -0.15) is 0 Å². The van der Waals surface area contributed by atoms with E-state index in [0.717, 1.165) is 36.3 Å². The van der Waals surface area contributed by atoms with Crippen molar-refractivity contribution in [2.75, 3.05) is 13.2 Å². The molecule has 50 heavy (non-hydrogen) atoms. The van der Waals surface area contributed by atoms with Gasteiger partial charge in [0.15, 0.2) is 0 Å². The molecule has 4 nitrogen and oxygen atoms in total. The Morgan fingerprint density at radius 3 is 1.36 bits per heavy atom. The standard InChI is InChI=1S/C46H68O4/c1-4-6-8-10-12-13-14-15-16-17-18-20-21-23-37-48-39(3)40-25-27-41(28-26-40)42-29-35-45(36-30-42)50-46(47)43-31-33-44(34-32-43)49-38-24-22-19-11-9-7-5-2/h25-36,39H,4-24,37-38H2,1-3H3. The molecule has 3 aromatic rings. The summed E-state index contributed by atoms with van der Waals surface area (Å²) in [5.74, 6) is 0.942. The van der Waals surface area contributed by atoms with Gasteiger partial charge in [0.25, 0.3) is 0 Å². The number of hydrogen-bond acceptors (Lipinski definition) is 4. The summed E-state index contributed by atoms with van der Waals surface area (Å²) in [7, 11) is 0. The molecule has 1 atom stereocenters. The largest absolute Gasteiger partial charge is 0.494 e. The number of benzene rings is 3. The highest BCUT2D eigenvalue weighted by Gasteiger charge is 2.10. The Kier molecular flexibility index (Phi) is 22.0. The zero-order valence-electron chi connectivity index (χ0n) is 31.9. The predicted octanol–water partition coefficient (Wildman–Crippen LogP) is 14.3. The summed E-state index contributed by atoms with van der Waals surface area (Å²) < 4.78 is 17.7. The Bertz CT molecular complexity index is 1250. The van der Waals surface area contributed by atoms with Gasteiger partial charge in [0.2, 0.25) is 0 Å². The highest BCUT2D eigenvalue weighted by atomic mass is 16.5. The van der Waals surface area contributed by atoms with Gasteiger partial charge in [-0.3, -0.25) is 0 Å². The minimum atomic E-state index is -0.371. The van der Waals surface area contributed by atoms with Crippen LogP contribution in [0.5, 0.6) is 11.5 Å². The molecular formula is C46H68O4. The second kappa shape index (κ2) is 26.7. The van der Waals surface area contributed by atoms with E-state index in [2.05, 4.69) is 45.0 Å². The number of hydrogen-bond donors (Lipinski definition) is 0. The maximum absolute atomic E-state index is 12.7. The van der Waals surface area contributed by atoms with Crippen LogP contribution in [0.4, 0.5) is 0 Å². The normalized spacial score (nSPS) is 11.8. The molecule has 3 rings (SSSR count). The molecule has 0 saturated heterocycles. The third-order valence-electron chi connectivity index (χ3n) is 9.75. The first kappa shape index (κ1) is 41.3. The molecule has 0 spiro atoms. The van der Waals surface area contributed by atoms with Crippen LogP contribution in [0.15, 0.2) is 72.8 Å². The number of carbonyl (C=O) groups is 1. The highest BCUT2D eigenvalue weighted by molar-refractivity contribution is 5.91. The minimum Gasteiger partial charge on any atom is -0.494 e. The van der Waals surface area contributed by atoms with E-state index in [-0.39, 0.29) is 12.1 Å². The van der Waals surface area contributed by atoms with Crippen molar-refractivity contribution in [2.24, 2.45) is 0 Å². The molecule has 0 amide bonds. The molecule has 4 heteroatoms. The molecule has 3 aromatic carbocycles. The Labute approximate surface area is 305 Å². The second-order valence-electron chi connectivity index (χ2n) is 14.1. The molecule has 0 fully saturated rings. The van der Waals surface area contributed by atoms with Crippen molar-refractivity contribution in [3.05, 3.63) is 83.9 Å². The molecule has 0 bridgehead atoms. The van der Waals surface area contributed by atoms with Crippen LogP contribution in [0.25, 0.3) is 11.1 Å². The topological polar surface area (TPSA) is 44.8 Å². The maximum Gasteiger partial charge on any atom is 0.343 e. The Morgan fingerprint density at radius 1 is 0.480 bits per heavy atom. The fourth-order valence-electron chi connectivity index (χ4n) is 6.42. The summed E-state index contributed by atoms with van der Waals surface area (Å²) in [5, 5.41) is 0. The van der Waals surface area contributed by atoms with Crippen molar-refractivity contribution in [3.63, 3.8) is 0 Å².